The number of rotatable bonds is 6. The number of allylic oxidation sites excluding steroid dienone is 1. The van der Waals surface area contributed by atoms with Gasteiger partial charge in [0, 0.05) is 12.1 Å². The average Bonchev–Trinajstić information content (AvgIpc) is 2.70. The van der Waals surface area contributed by atoms with Crippen LogP contribution in [-0.4, -0.2) is 24.5 Å². The molecule has 0 aromatic heterocycles. The molecular weight excluding hydrogens is 382 g/mol. The zero-order valence-corrected chi connectivity index (χ0v) is 18.5. The lowest BCUT2D eigenvalue weighted by atomic mass is 9.94. The first kappa shape index (κ1) is 21.6. The van der Waals surface area contributed by atoms with Crippen molar-refractivity contribution in [3.05, 3.63) is 83.3 Å². The van der Waals surface area contributed by atoms with Gasteiger partial charge in [-0.3, -0.25) is 0 Å². The van der Waals surface area contributed by atoms with Crippen molar-refractivity contribution in [2.24, 2.45) is 0 Å². The topological polar surface area (TPSA) is 49.8 Å². The van der Waals surface area contributed by atoms with Crippen LogP contribution in [0.2, 0.25) is 0 Å². The Labute approximate surface area is 176 Å². The molecule has 5 heteroatoms. The lowest BCUT2D eigenvalue weighted by Crippen LogP contribution is -2.44. The molecule has 0 aliphatic carbocycles. The van der Waals surface area contributed by atoms with E-state index in [4.69, 9.17) is 4.74 Å². The number of ether oxygens (including phenoxy) is 1. The Balaban J connectivity index is 2.05. The molecule has 0 bridgehead atoms. The third-order valence-electron chi connectivity index (χ3n) is 5.15. The maximum absolute atomic E-state index is 13.7. The normalized spacial score (nSPS) is 19.7. The van der Waals surface area contributed by atoms with Gasteiger partial charge in [-0.1, -0.05) is 60.7 Å². The highest BCUT2D eigenvalue weighted by atomic mass is 32.2. The monoisotopic (exact) mass is 413 g/mol. The first-order chi connectivity index (χ1) is 13.8. The number of aliphatic hydroxyl groups is 1. The van der Waals surface area contributed by atoms with E-state index in [2.05, 4.69) is 12.1 Å². The Bertz CT molecular complexity index is 859. The van der Waals surface area contributed by atoms with Crippen LogP contribution in [0.15, 0.2) is 72.2 Å². The minimum absolute atomic E-state index is 0.00313. The van der Waals surface area contributed by atoms with Gasteiger partial charge in [0.25, 0.3) is 5.95 Å². The summed E-state index contributed by atoms with van der Waals surface area (Å²) in [5, 5.41) is 10.3. The van der Waals surface area contributed by atoms with Gasteiger partial charge in [-0.05, 0) is 51.7 Å². The average molecular weight is 414 g/mol. The van der Waals surface area contributed by atoms with Gasteiger partial charge in [0.2, 0.25) is 0 Å². The Morgan fingerprint density at radius 1 is 1.10 bits per heavy atom. The zero-order chi connectivity index (χ0) is 21.0. The van der Waals surface area contributed by atoms with Crippen LogP contribution in [0, 0.1) is 0 Å². The molecule has 0 spiro atoms. The van der Waals surface area contributed by atoms with Crippen LogP contribution in [0.4, 0.5) is 0 Å². The summed E-state index contributed by atoms with van der Waals surface area (Å²) in [5.74, 6) is 0.00313. The van der Waals surface area contributed by atoms with E-state index in [0.717, 1.165) is 29.5 Å². The van der Waals surface area contributed by atoms with E-state index < -0.39 is 15.7 Å². The molecule has 29 heavy (non-hydrogen) atoms. The minimum Gasteiger partial charge on any atom is -0.481 e. The smallest absolute Gasteiger partial charge is 0.275 e. The largest absolute Gasteiger partial charge is 0.481 e. The Hall–Kier alpha value is -2.11. The molecule has 3 rings (SSSR count). The van der Waals surface area contributed by atoms with E-state index in [-0.39, 0.29) is 18.1 Å². The van der Waals surface area contributed by atoms with Gasteiger partial charge in [-0.25, -0.2) is 8.51 Å². The maximum atomic E-state index is 13.7. The second-order valence-electron chi connectivity index (χ2n) is 8.56. The summed E-state index contributed by atoms with van der Waals surface area (Å²) in [7, 11) is -1.27. The quantitative estimate of drug-likeness (QED) is 0.665. The van der Waals surface area contributed by atoms with Crippen molar-refractivity contribution in [3.8, 4) is 0 Å². The second-order valence-corrected chi connectivity index (χ2v) is 10.8. The zero-order valence-electron chi connectivity index (χ0n) is 17.7. The fraction of sp³-hybridized carbons (Fsp3) is 0.417. The molecule has 0 fully saturated rings. The molecule has 1 aliphatic heterocycles. The Morgan fingerprint density at radius 2 is 1.69 bits per heavy atom. The van der Waals surface area contributed by atoms with Gasteiger partial charge >= 0.3 is 0 Å². The van der Waals surface area contributed by atoms with Gasteiger partial charge in [0.05, 0.1) is 10.8 Å². The molecule has 0 amide bonds. The van der Waals surface area contributed by atoms with E-state index in [9.17, 15) is 9.32 Å². The predicted octanol–water partition coefficient (Wildman–Crippen LogP) is 5.66. The van der Waals surface area contributed by atoms with Gasteiger partial charge in [0.1, 0.15) is 17.1 Å². The predicted molar refractivity (Wildman–Crippen MR) is 118 cm³/mol. The standard InChI is InChI=1S/C24H31NO3S/c1-18-15-16-21(28-23(18)26)22(20-13-9-6-10-14-20)25(29(27)24(2,3)4)17-19-11-7-5-8-12-19/h5-14,21-22,26H,15-17H2,1-4H3/t21-,22+,29?/m0/s1. The van der Waals surface area contributed by atoms with Crippen LogP contribution in [0.3, 0.4) is 0 Å². The van der Waals surface area contributed by atoms with Gasteiger partial charge in [-0.15, -0.1) is 0 Å². The van der Waals surface area contributed by atoms with Gasteiger partial charge in [-0.2, -0.15) is 0 Å². The summed E-state index contributed by atoms with van der Waals surface area (Å²) in [6.07, 6.45) is 1.25. The second kappa shape index (κ2) is 9.14. The summed E-state index contributed by atoms with van der Waals surface area (Å²) in [5.41, 5.74) is 3.00. The van der Waals surface area contributed by atoms with Crippen LogP contribution >= 0.6 is 0 Å². The van der Waals surface area contributed by atoms with E-state index in [0.29, 0.717) is 6.54 Å². The highest BCUT2D eigenvalue weighted by Crippen LogP contribution is 2.38. The summed E-state index contributed by atoms with van der Waals surface area (Å²) in [6.45, 7) is 8.40. The fourth-order valence-corrected chi connectivity index (χ4v) is 5.02. The van der Waals surface area contributed by atoms with Crippen LogP contribution in [-0.2, 0) is 22.3 Å². The lowest BCUT2D eigenvalue weighted by molar-refractivity contribution is -0.0256. The molecule has 1 unspecified atom stereocenters. The first-order valence-corrected chi connectivity index (χ1v) is 11.2. The van der Waals surface area contributed by atoms with Crippen LogP contribution in [0.1, 0.15) is 57.7 Å². The first-order valence-electron chi connectivity index (χ1n) is 10.1. The number of nitrogens with zero attached hydrogens (tertiary/aromatic N) is 1. The molecule has 3 atom stereocenters. The molecule has 2 aromatic rings. The highest BCUT2D eigenvalue weighted by molar-refractivity contribution is 7.84. The summed E-state index contributed by atoms with van der Waals surface area (Å²) in [6, 6.07) is 19.9. The molecular formula is C24H31NO3S. The highest BCUT2D eigenvalue weighted by Gasteiger charge is 2.39. The van der Waals surface area contributed by atoms with Crippen molar-refractivity contribution in [1.82, 2.24) is 4.31 Å². The number of aliphatic hydroxyl groups excluding tert-OH is 1. The van der Waals surface area contributed by atoms with Crippen LogP contribution in [0.25, 0.3) is 0 Å². The van der Waals surface area contributed by atoms with Crippen LogP contribution in [0.5, 0.6) is 0 Å². The van der Waals surface area contributed by atoms with Crippen molar-refractivity contribution >= 4 is 11.0 Å². The fourth-order valence-electron chi connectivity index (χ4n) is 3.58. The molecule has 1 aliphatic rings. The SMILES string of the molecule is CC1=C(O)O[C@H]([C@@H](c2ccccc2)N(Cc2ccccc2)S(=O)C(C)(C)C)CC1. The minimum atomic E-state index is -1.27. The molecule has 156 valence electrons. The Kier molecular flexibility index (Phi) is 6.81. The lowest BCUT2D eigenvalue weighted by Gasteiger charge is -2.40. The van der Waals surface area contributed by atoms with Crippen molar-refractivity contribution in [2.75, 3.05) is 0 Å². The van der Waals surface area contributed by atoms with E-state index in [1.165, 1.54) is 0 Å². The molecule has 2 aromatic carbocycles. The van der Waals surface area contributed by atoms with Crippen LogP contribution < -0.4 is 0 Å². The molecule has 1 heterocycles. The summed E-state index contributed by atoms with van der Waals surface area (Å²) < 4.78 is 21.2. The third kappa shape index (κ3) is 5.28. The number of hydrogen-bond acceptors (Lipinski definition) is 3. The molecule has 0 saturated heterocycles. The Morgan fingerprint density at radius 3 is 2.24 bits per heavy atom. The summed E-state index contributed by atoms with van der Waals surface area (Å²) in [4.78, 5) is 0. The van der Waals surface area contributed by atoms with Gasteiger partial charge in [0.15, 0.2) is 0 Å². The maximum Gasteiger partial charge on any atom is 0.275 e. The van der Waals surface area contributed by atoms with Crippen molar-refractivity contribution in [3.63, 3.8) is 0 Å². The van der Waals surface area contributed by atoms with Crippen molar-refractivity contribution in [2.45, 2.75) is 64.0 Å². The summed E-state index contributed by atoms with van der Waals surface area (Å²) >= 11 is 0. The molecule has 4 nitrogen and oxygen atoms in total. The van der Waals surface area contributed by atoms with Crippen molar-refractivity contribution in [1.29, 1.82) is 0 Å². The van der Waals surface area contributed by atoms with E-state index in [1.54, 1.807) is 0 Å². The van der Waals surface area contributed by atoms with E-state index in [1.807, 2.05) is 80.5 Å². The third-order valence-corrected chi connectivity index (χ3v) is 6.98. The molecule has 0 saturated carbocycles. The van der Waals surface area contributed by atoms with Crippen molar-refractivity contribution < 1.29 is 14.1 Å². The molecule has 1 N–H and O–H groups in total. The molecule has 0 radical (unpaired) electrons. The van der Waals surface area contributed by atoms with Gasteiger partial charge < -0.3 is 9.84 Å². The number of hydrogen-bond donors (Lipinski definition) is 1. The van der Waals surface area contributed by atoms with E-state index >= 15 is 0 Å². The number of benzene rings is 2.